The Morgan fingerprint density at radius 2 is 2.07 bits per heavy atom. The lowest BCUT2D eigenvalue weighted by molar-refractivity contribution is 0.301. The summed E-state index contributed by atoms with van der Waals surface area (Å²) in [4.78, 5) is 0. The monoisotopic (exact) mass is 215 g/mol. The van der Waals surface area contributed by atoms with Crippen molar-refractivity contribution in [3.8, 4) is 5.75 Å². The van der Waals surface area contributed by atoms with Gasteiger partial charge in [0.05, 0.1) is 6.61 Å². The van der Waals surface area contributed by atoms with E-state index in [4.69, 9.17) is 10.5 Å². The summed E-state index contributed by atoms with van der Waals surface area (Å²) in [5.41, 5.74) is 5.94. The molecule has 2 nitrogen and oxygen atoms in total. The van der Waals surface area contributed by atoms with Crippen LogP contribution in [0, 0.1) is 11.6 Å². The SMILES string of the molecule is CCOc1c(F)ccc(CC(C)N)c1F. The van der Waals surface area contributed by atoms with Crippen molar-refractivity contribution in [2.45, 2.75) is 26.3 Å². The first-order valence-electron chi connectivity index (χ1n) is 4.91. The van der Waals surface area contributed by atoms with Gasteiger partial charge in [0.1, 0.15) is 0 Å². The number of hydrogen-bond acceptors (Lipinski definition) is 2. The largest absolute Gasteiger partial charge is 0.488 e. The van der Waals surface area contributed by atoms with E-state index in [1.165, 1.54) is 12.1 Å². The Bertz CT molecular complexity index is 340. The molecule has 84 valence electrons. The third-order valence-electron chi connectivity index (χ3n) is 1.96. The van der Waals surface area contributed by atoms with Crippen LogP contribution in [0.15, 0.2) is 12.1 Å². The van der Waals surface area contributed by atoms with Gasteiger partial charge >= 0.3 is 0 Å². The standard InChI is InChI=1S/C11H15F2NO/c1-3-15-11-9(12)5-4-8(10(11)13)6-7(2)14/h4-5,7H,3,6,14H2,1-2H3. The van der Waals surface area contributed by atoms with E-state index in [9.17, 15) is 8.78 Å². The molecule has 0 aliphatic carbocycles. The molecule has 0 aliphatic heterocycles. The second-order valence-electron chi connectivity index (χ2n) is 3.46. The van der Waals surface area contributed by atoms with Crippen molar-refractivity contribution < 1.29 is 13.5 Å². The van der Waals surface area contributed by atoms with Gasteiger partial charge in [0.25, 0.3) is 0 Å². The predicted molar refractivity (Wildman–Crippen MR) is 54.9 cm³/mol. The lowest BCUT2D eigenvalue weighted by Gasteiger charge is -2.11. The maximum Gasteiger partial charge on any atom is 0.190 e. The molecule has 1 rings (SSSR count). The Kier molecular flexibility index (Phi) is 4.03. The van der Waals surface area contributed by atoms with Gasteiger partial charge < -0.3 is 10.5 Å². The van der Waals surface area contributed by atoms with Gasteiger partial charge in [-0.05, 0) is 31.9 Å². The lowest BCUT2D eigenvalue weighted by atomic mass is 10.1. The molecule has 2 N–H and O–H groups in total. The van der Waals surface area contributed by atoms with Gasteiger partial charge in [0.2, 0.25) is 0 Å². The Hall–Kier alpha value is -1.16. The van der Waals surface area contributed by atoms with Gasteiger partial charge in [-0.2, -0.15) is 0 Å². The van der Waals surface area contributed by atoms with E-state index in [-0.39, 0.29) is 18.4 Å². The van der Waals surface area contributed by atoms with Gasteiger partial charge in [0.15, 0.2) is 17.4 Å². The van der Waals surface area contributed by atoms with Crippen LogP contribution >= 0.6 is 0 Å². The summed E-state index contributed by atoms with van der Waals surface area (Å²) in [6.45, 7) is 3.68. The van der Waals surface area contributed by atoms with Crippen molar-refractivity contribution in [2.75, 3.05) is 6.61 Å². The molecule has 0 aliphatic rings. The molecule has 1 atom stereocenters. The molecule has 0 saturated heterocycles. The molecule has 0 radical (unpaired) electrons. The summed E-state index contributed by atoms with van der Waals surface area (Å²) >= 11 is 0. The molecular formula is C11H15F2NO. The molecule has 0 fully saturated rings. The molecule has 1 unspecified atom stereocenters. The minimum Gasteiger partial charge on any atom is -0.488 e. The van der Waals surface area contributed by atoms with E-state index >= 15 is 0 Å². The fourth-order valence-corrected chi connectivity index (χ4v) is 1.35. The highest BCUT2D eigenvalue weighted by atomic mass is 19.1. The van der Waals surface area contributed by atoms with Crippen molar-refractivity contribution in [2.24, 2.45) is 5.73 Å². The van der Waals surface area contributed by atoms with Crippen LogP contribution < -0.4 is 10.5 Å². The smallest absolute Gasteiger partial charge is 0.190 e. The molecule has 0 amide bonds. The van der Waals surface area contributed by atoms with Crippen molar-refractivity contribution in [3.05, 3.63) is 29.3 Å². The van der Waals surface area contributed by atoms with Crippen molar-refractivity contribution >= 4 is 0 Å². The molecule has 1 aromatic rings. The third-order valence-corrected chi connectivity index (χ3v) is 1.96. The summed E-state index contributed by atoms with van der Waals surface area (Å²) in [7, 11) is 0. The first-order chi connectivity index (χ1) is 7.06. The minimum atomic E-state index is -0.678. The van der Waals surface area contributed by atoms with Crippen LogP contribution in [-0.4, -0.2) is 12.6 Å². The summed E-state index contributed by atoms with van der Waals surface area (Å²) in [6.07, 6.45) is 0.367. The Morgan fingerprint density at radius 1 is 1.40 bits per heavy atom. The highest BCUT2D eigenvalue weighted by Gasteiger charge is 2.15. The van der Waals surface area contributed by atoms with Crippen LogP contribution in [0.3, 0.4) is 0 Å². The quantitative estimate of drug-likeness (QED) is 0.836. The van der Waals surface area contributed by atoms with Crippen LogP contribution in [0.4, 0.5) is 8.78 Å². The molecule has 15 heavy (non-hydrogen) atoms. The van der Waals surface area contributed by atoms with E-state index in [0.29, 0.717) is 12.0 Å². The van der Waals surface area contributed by atoms with Crippen molar-refractivity contribution in [3.63, 3.8) is 0 Å². The van der Waals surface area contributed by atoms with E-state index in [1.54, 1.807) is 13.8 Å². The number of benzene rings is 1. The molecule has 0 saturated carbocycles. The molecular weight excluding hydrogens is 200 g/mol. The number of ether oxygens (including phenoxy) is 1. The van der Waals surface area contributed by atoms with Crippen LogP contribution in [0.1, 0.15) is 19.4 Å². The Morgan fingerprint density at radius 3 is 2.60 bits per heavy atom. The zero-order valence-electron chi connectivity index (χ0n) is 8.89. The molecule has 0 heterocycles. The van der Waals surface area contributed by atoms with E-state index in [0.717, 1.165) is 0 Å². The van der Waals surface area contributed by atoms with E-state index in [1.807, 2.05) is 0 Å². The topological polar surface area (TPSA) is 35.2 Å². The lowest BCUT2D eigenvalue weighted by Crippen LogP contribution is -2.19. The number of hydrogen-bond donors (Lipinski definition) is 1. The minimum absolute atomic E-state index is 0.167. The van der Waals surface area contributed by atoms with Gasteiger partial charge in [-0.3, -0.25) is 0 Å². The molecule has 4 heteroatoms. The second-order valence-corrected chi connectivity index (χ2v) is 3.46. The van der Waals surface area contributed by atoms with Gasteiger partial charge in [-0.15, -0.1) is 0 Å². The zero-order chi connectivity index (χ0) is 11.4. The second kappa shape index (κ2) is 5.07. The highest BCUT2D eigenvalue weighted by molar-refractivity contribution is 5.33. The fourth-order valence-electron chi connectivity index (χ4n) is 1.35. The highest BCUT2D eigenvalue weighted by Crippen LogP contribution is 2.25. The van der Waals surface area contributed by atoms with Crippen LogP contribution in [0.2, 0.25) is 0 Å². The zero-order valence-corrected chi connectivity index (χ0v) is 8.89. The number of halogens is 2. The molecule has 0 spiro atoms. The van der Waals surface area contributed by atoms with Gasteiger partial charge in [-0.25, -0.2) is 8.78 Å². The van der Waals surface area contributed by atoms with Crippen molar-refractivity contribution in [1.82, 2.24) is 0 Å². The Balaban J connectivity index is 3.04. The van der Waals surface area contributed by atoms with E-state index < -0.39 is 11.6 Å². The fraction of sp³-hybridized carbons (Fsp3) is 0.455. The summed E-state index contributed by atoms with van der Waals surface area (Å²) in [6, 6.07) is 2.43. The predicted octanol–water partition coefficient (Wildman–Crippen LogP) is 2.25. The molecule has 0 aromatic heterocycles. The average Bonchev–Trinajstić information content (AvgIpc) is 2.16. The first kappa shape index (κ1) is 11.9. The number of nitrogens with two attached hydrogens (primary N) is 1. The van der Waals surface area contributed by atoms with Crippen LogP contribution in [-0.2, 0) is 6.42 Å². The average molecular weight is 215 g/mol. The number of rotatable bonds is 4. The molecule has 0 bridgehead atoms. The van der Waals surface area contributed by atoms with Crippen LogP contribution in [0.25, 0.3) is 0 Å². The molecule has 1 aromatic carbocycles. The van der Waals surface area contributed by atoms with E-state index in [2.05, 4.69) is 0 Å². The van der Waals surface area contributed by atoms with Gasteiger partial charge in [-0.1, -0.05) is 6.07 Å². The van der Waals surface area contributed by atoms with Gasteiger partial charge in [0, 0.05) is 6.04 Å². The summed E-state index contributed by atoms with van der Waals surface area (Å²) in [5, 5.41) is 0. The summed E-state index contributed by atoms with van der Waals surface area (Å²) < 4.78 is 31.7. The Labute approximate surface area is 88.0 Å². The maximum atomic E-state index is 13.7. The van der Waals surface area contributed by atoms with Crippen LogP contribution in [0.5, 0.6) is 5.75 Å². The maximum absolute atomic E-state index is 13.7. The summed E-state index contributed by atoms with van der Waals surface area (Å²) in [5.74, 6) is -1.63. The normalized spacial score (nSPS) is 12.6. The van der Waals surface area contributed by atoms with Crippen molar-refractivity contribution in [1.29, 1.82) is 0 Å². The first-order valence-corrected chi connectivity index (χ1v) is 4.91. The third kappa shape index (κ3) is 2.89.